The molecule has 2 unspecified atom stereocenters. The molecule has 112 valence electrons. The van der Waals surface area contributed by atoms with Gasteiger partial charge < -0.3 is 10.2 Å². The largest absolute Gasteiger partial charge is 0.367 e. The highest BCUT2D eigenvalue weighted by Gasteiger charge is 2.31. The summed E-state index contributed by atoms with van der Waals surface area (Å²) in [5.74, 6) is 1.47. The fraction of sp³-hybridized carbons (Fsp3) is 0.643. The van der Waals surface area contributed by atoms with Crippen LogP contribution < -0.4 is 11.0 Å². The van der Waals surface area contributed by atoms with Crippen LogP contribution in [-0.2, 0) is 0 Å². The zero-order valence-electron chi connectivity index (χ0n) is 12.2. The summed E-state index contributed by atoms with van der Waals surface area (Å²) in [7, 11) is 0. The number of fused-ring (bicyclic) bond motifs is 2. The average molecular weight is 288 g/mol. The van der Waals surface area contributed by atoms with E-state index in [1.165, 1.54) is 36.8 Å². The lowest BCUT2D eigenvalue weighted by atomic mass is 9.97. The smallest absolute Gasteiger partial charge is 0.349 e. The molecule has 2 saturated heterocycles. The van der Waals surface area contributed by atoms with Crippen molar-refractivity contribution in [2.24, 2.45) is 0 Å². The summed E-state index contributed by atoms with van der Waals surface area (Å²) in [5, 5.41) is 10.0. The van der Waals surface area contributed by atoms with Crippen LogP contribution in [0.15, 0.2) is 10.9 Å². The van der Waals surface area contributed by atoms with Crippen LogP contribution in [0.1, 0.15) is 31.5 Å². The maximum Gasteiger partial charge on any atom is 0.349 e. The zero-order valence-corrected chi connectivity index (χ0v) is 12.2. The Labute approximate surface area is 122 Å². The van der Waals surface area contributed by atoms with E-state index in [-0.39, 0.29) is 5.69 Å². The molecule has 4 rings (SSSR count). The van der Waals surface area contributed by atoms with E-state index in [2.05, 4.69) is 25.4 Å². The molecule has 7 heteroatoms. The standard InChI is InChI=1S/C14H20N6O/c1-9-15-12(8-13-17-18-14(21)20(9)13)16-10-4-6-19-5-2-3-11(19)7-10/h8,10-11,16H,2-7H2,1H3,(H,18,21). The number of rotatable bonds is 2. The quantitative estimate of drug-likeness (QED) is 0.853. The topological polar surface area (TPSA) is 78.3 Å². The molecule has 2 N–H and O–H groups in total. The molecule has 2 aromatic heterocycles. The molecular formula is C14H20N6O. The lowest BCUT2D eigenvalue weighted by Crippen LogP contribution is -2.42. The Morgan fingerprint density at radius 1 is 1.38 bits per heavy atom. The fourth-order valence-electron chi connectivity index (χ4n) is 3.74. The van der Waals surface area contributed by atoms with Crippen LogP contribution in [0.25, 0.3) is 5.65 Å². The molecule has 2 aliphatic rings. The van der Waals surface area contributed by atoms with Crippen LogP contribution in [0.3, 0.4) is 0 Å². The summed E-state index contributed by atoms with van der Waals surface area (Å²) >= 11 is 0. The number of hydrogen-bond acceptors (Lipinski definition) is 5. The molecule has 2 aliphatic heterocycles. The number of piperidine rings is 1. The van der Waals surface area contributed by atoms with E-state index in [1.54, 1.807) is 0 Å². The lowest BCUT2D eigenvalue weighted by Gasteiger charge is -2.35. The molecule has 21 heavy (non-hydrogen) atoms. The minimum Gasteiger partial charge on any atom is -0.367 e. The molecule has 0 aromatic carbocycles. The Morgan fingerprint density at radius 2 is 2.29 bits per heavy atom. The highest BCUT2D eigenvalue weighted by Crippen LogP contribution is 2.28. The molecule has 0 bridgehead atoms. The summed E-state index contributed by atoms with van der Waals surface area (Å²) in [6.45, 7) is 4.26. The van der Waals surface area contributed by atoms with Gasteiger partial charge in [0.15, 0.2) is 5.65 Å². The average Bonchev–Trinajstić information content (AvgIpc) is 3.05. The van der Waals surface area contributed by atoms with Gasteiger partial charge in [0.25, 0.3) is 0 Å². The van der Waals surface area contributed by atoms with Gasteiger partial charge in [-0.1, -0.05) is 0 Å². The number of H-pyrrole nitrogens is 1. The highest BCUT2D eigenvalue weighted by atomic mass is 16.1. The first kappa shape index (κ1) is 12.8. The van der Waals surface area contributed by atoms with Crippen molar-refractivity contribution >= 4 is 11.5 Å². The monoisotopic (exact) mass is 288 g/mol. The molecular weight excluding hydrogens is 268 g/mol. The maximum absolute atomic E-state index is 11.6. The van der Waals surface area contributed by atoms with Crippen LogP contribution in [-0.4, -0.2) is 49.7 Å². The summed E-state index contributed by atoms with van der Waals surface area (Å²) in [5.41, 5.74) is 0.383. The van der Waals surface area contributed by atoms with Crippen molar-refractivity contribution in [2.45, 2.75) is 44.7 Å². The van der Waals surface area contributed by atoms with Crippen molar-refractivity contribution < 1.29 is 0 Å². The number of aromatic amines is 1. The van der Waals surface area contributed by atoms with Crippen LogP contribution >= 0.6 is 0 Å². The predicted octanol–water partition coefficient (Wildman–Crippen LogP) is 0.765. The number of nitrogens with zero attached hydrogens (tertiary/aromatic N) is 4. The summed E-state index contributed by atoms with van der Waals surface area (Å²) in [6, 6.07) is 3.03. The van der Waals surface area contributed by atoms with Crippen molar-refractivity contribution in [1.29, 1.82) is 0 Å². The second-order valence-corrected chi connectivity index (χ2v) is 6.11. The third kappa shape index (κ3) is 2.21. The van der Waals surface area contributed by atoms with E-state index in [0.29, 0.717) is 17.5 Å². The molecule has 4 heterocycles. The summed E-state index contributed by atoms with van der Waals surface area (Å²) in [6.07, 6.45) is 4.98. The molecule has 7 nitrogen and oxygen atoms in total. The number of aryl methyl sites for hydroxylation is 1. The van der Waals surface area contributed by atoms with Gasteiger partial charge in [-0.3, -0.25) is 0 Å². The first-order valence-corrected chi connectivity index (χ1v) is 7.66. The summed E-state index contributed by atoms with van der Waals surface area (Å²) in [4.78, 5) is 18.7. The van der Waals surface area contributed by atoms with E-state index < -0.39 is 0 Å². The number of nitrogens with one attached hydrogen (secondary N) is 2. The van der Waals surface area contributed by atoms with Gasteiger partial charge in [-0.25, -0.2) is 19.3 Å². The van der Waals surface area contributed by atoms with Gasteiger partial charge in [-0.05, 0) is 39.2 Å². The Balaban J connectivity index is 1.55. The van der Waals surface area contributed by atoms with Crippen LogP contribution in [0.5, 0.6) is 0 Å². The van der Waals surface area contributed by atoms with Gasteiger partial charge in [-0.15, -0.1) is 0 Å². The van der Waals surface area contributed by atoms with E-state index in [9.17, 15) is 4.79 Å². The minimum atomic E-state index is -0.235. The fourth-order valence-corrected chi connectivity index (χ4v) is 3.74. The second kappa shape index (κ2) is 4.84. The number of hydrogen-bond donors (Lipinski definition) is 2. The Bertz CT molecular complexity index is 720. The normalized spacial score (nSPS) is 26.1. The number of aromatic nitrogens is 4. The van der Waals surface area contributed by atoms with Crippen molar-refractivity contribution in [3.8, 4) is 0 Å². The Kier molecular flexibility index (Phi) is 2.95. The van der Waals surface area contributed by atoms with E-state index >= 15 is 0 Å². The van der Waals surface area contributed by atoms with Gasteiger partial charge >= 0.3 is 5.69 Å². The van der Waals surface area contributed by atoms with Crippen LogP contribution in [0, 0.1) is 6.92 Å². The van der Waals surface area contributed by atoms with Gasteiger partial charge in [0, 0.05) is 24.7 Å². The second-order valence-electron chi connectivity index (χ2n) is 6.11. The van der Waals surface area contributed by atoms with Gasteiger partial charge in [0.2, 0.25) is 0 Å². The molecule has 0 aliphatic carbocycles. The first-order chi connectivity index (χ1) is 10.2. The molecule has 0 spiro atoms. The van der Waals surface area contributed by atoms with Crippen molar-refractivity contribution in [3.63, 3.8) is 0 Å². The zero-order chi connectivity index (χ0) is 14.4. The first-order valence-electron chi connectivity index (χ1n) is 7.66. The molecule has 0 amide bonds. The molecule has 0 radical (unpaired) electrons. The van der Waals surface area contributed by atoms with Gasteiger partial charge in [-0.2, -0.15) is 5.10 Å². The highest BCUT2D eigenvalue weighted by molar-refractivity contribution is 5.50. The van der Waals surface area contributed by atoms with E-state index in [4.69, 9.17) is 0 Å². The van der Waals surface area contributed by atoms with E-state index in [0.717, 1.165) is 18.3 Å². The van der Waals surface area contributed by atoms with Crippen molar-refractivity contribution in [2.75, 3.05) is 18.4 Å². The third-order valence-corrected chi connectivity index (χ3v) is 4.74. The lowest BCUT2D eigenvalue weighted by molar-refractivity contribution is 0.188. The molecule has 2 atom stereocenters. The molecule has 2 aromatic rings. The Morgan fingerprint density at radius 3 is 3.19 bits per heavy atom. The summed E-state index contributed by atoms with van der Waals surface area (Å²) < 4.78 is 1.49. The van der Waals surface area contributed by atoms with Crippen LogP contribution in [0.4, 0.5) is 5.82 Å². The van der Waals surface area contributed by atoms with Gasteiger partial charge in [0.1, 0.15) is 11.6 Å². The van der Waals surface area contributed by atoms with Gasteiger partial charge in [0.05, 0.1) is 0 Å². The van der Waals surface area contributed by atoms with E-state index in [1.807, 2.05) is 13.0 Å². The molecule has 0 saturated carbocycles. The SMILES string of the molecule is Cc1nc(NC2CCN3CCCC3C2)cc2n[nH]c(=O)n12. The molecule has 2 fully saturated rings. The Hall–Kier alpha value is -1.89. The van der Waals surface area contributed by atoms with Crippen molar-refractivity contribution in [3.05, 3.63) is 22.4 Å². The predicted molar refractivity (Wildman–Crippen MR) is 79.6 cm³/mol. The maximum atomic E-state index is 11.6. The number of anilines is 1. The third-order valence-electron chi connectivity index (χ3n) is 4.74. The van der Waals surface area contributed by atoms with Crippen molar-refractivity contribution in [1.82, 2.24) is 24.5 Å². The van der Waals surface area contributed by atoms with Crippen LogP contribution in [0.2, 0.25) is 0 Å². The minimum absolute atomic E-state index is 0.235.